The van der Waals surface area contributed by atoms with Crippen molar-refractivity contribution < 1.29 is 14.6 Å². The van der Waals surface area contributed by atoms with Gasteiger partial charge in [-0.15, -0.1) is 0 Å². The molecule has 0 aliphatic heterocycles. The summed E-state index contributed by atoms with van der Waals surface area (Å²) in [5, 5.41) is 8.56. The van der Waals surface area contributed by atoms with E-state index in [-0.39, 0.29) is 6.61 Å². The first kappa shape index (κ1) is 17.3. The molecule has 0 aromatic heterocycles. The highest BCUT2D eigenvalue weighted by Crippen LogP contribution is 2.27. The molecule has 0 amide bonds. The molecule has 112 valence electrons. The SMILES string of the molecule is CCCCCCC(CCOC(=O)O)c1ccc(I)cc1. The van der Waals surface area contributed by atoms with Crippen LogP contribution in [-0.4, -0.2) is 17.9 Å². The van der Waals surface area contributed by atoms with Crippen molar-refractivity contribution >= 4 is 28.7 Å². The lowest BCUT2D eigenvalue weighted by atomic mass is 9.90. The van der Waals surface area contributed by atoms with E-state index in [0.29, 0.717) is 5.92 Å². The maximum Gasteiger partial charge on any atom is 0.505 e. The number of hydrogen-bond acceptors (Lipinski definition) is 2. The first-order chi connectivity index (χ1) is 9.63. The number of ether oxygens (including phenoxy) is 1. The van der Waals surface area contributed by atoms with Crippen molar-refractivity contribution in [3.8, 4) is 0 Å². The Hall–Kier alpha value is -0.780. The lowest BCUT2D eigenvalue weighted by Crippen LogP contribution is -2.07. The van der Waals surface area contributed by atoms with Crippen LogP contribution in [0.2, 0.25) is 0 Å². The maximum absolute atomic E-state index is 10.4. The monoisotopic (exact) mass is 390 g/mol. The Bertz CT molecular complexity index is 389. The predicted octanol–water partition coefficient (Wildman–Crippen LogP) is 5.43. The Morgan fingerprint density at radius 1 is 1.20 bits per heavy atom. The quantitative estimate of drug-likeness (QED) is 0.348. The van der Waals surface area contributed by atoms with Crippen molar-refractivity contribution in [2.45, 2.75) is 51.4 Å². The molecule has 1 atom stereocenters. The summed E-state index contributed by atoms with van der Waals surface area (Å²) in [5.41, 5.74) is 1.29. The molecule has 0 radical (unpaired) electrons. The summed E-state index contributed by atoms with van der Waals surface area (Å²) in [4.78, 5) is 10.4. The van der Waals surface area contributed by atoms with Crippen molar-refractivity contribution in [3.05, 3.63) is 33.4 Å². The number of carbonyl (C=O) groups is 1. The van der Waals surface area contributed by atoms with Crippen LogP contribution < -0.4 is 0 Å². The summed E-state index contributed by atoms with van der Waals surface area (Å²) in [7, 11) is 0. The van der Waals surface area contributed by atoms with Gasteiger partial charge in [0.15, 0.2) is 0 Å². The van der Waals surface area contributed by atoms with Crippen LogP contribution in [0.1, 0.15) is 56.9 Å². The molecular weight excluding hydrogens is 367 g/mol. The van der Waals surface area contributed by atoms with E-state index in [0.717, 1.165) is 12.8 Å². The molecule has 0 bridgehead atoms. The van der Waals surface area contributed by atoms with Crippen molar-refractivity contribution in [2.24, 2.45) is 0 Å². The highest BCUT2D eigenvalue weighted by Gasteiger charge is 2.12. The van der Waals surface area contributed by atoms with Crippen LogP contribution in [0.15, 0.2) is 24.3 Å². The molecule has 0 heterocycles. The largest absolute Gasteiger partial charge is 0.505 e. The van der Waals surface area contributed by atoms with E-state index >= 15 is 0 Å². The molecule has 20 heavy (non-hydrogen) atoms. The van der Waals surface area contributed by atoms with Crippen molar-refractivity contribution in [1.29, 1.82) is 0 Å². The molecule has 3 nitrogen and oxygen atoms in total. The zero-order chi connectivity index (χ0) is 14.8. The smallest absolute Gasteiger partial charge is 0.450 e. The van der Waals surface area contributed by atoms with Gasteiger partial charge in [-0.05, 0) is 59.0 Å². The second kappa shape index (κ2) is 10.0. The van der Waals surface area contributed by atoms with Gasteiger partial charge < -0.3 is 9.84 Å². The molecule has 0 fully saturated rings. The average molecular weight is 390 g/mol. The number of hydrogen-bond donors (Lipinski definition) is 1. The average Bonchev–Trinajstić information content (AvgIpc) is 2.42. The lowest BCUT2D eigenvalue weighted by molar-refractivity contribution is 0.0885. The van der Waals surface area contributed by atoms with Gasteiger partial charge in [0, 0.05) is 3.57 Å². The topological polar surface area (TPSA) is 46.5 Å². The van der Waals surface area contributed by atoms with Crippen molar-refractivity contribution in [1.82, 2.24) is 0 Å². The lowest BCUT2D eigenvalue weighted by Gasteiger charge is -2.17. The van der Waals surface area contributed by atoms with Crippen LogP contribution in [0.3, 0.4) is 0 Å². The van der Waals surface area contributed by atoms with Gasteiger partial charge in [0.2, 0.25) is 0 Å². The van der Waals surface area contributed by atoms with E-state index in [1.165, 1.54) is 34.8 Å². The summed E-state index contributed by atoms with van der Waals surface area (Å²) >= 11 is 2.29. The molecule has 0 saturated heterocycles. The maximum atomic E-state index is 10.4. The van der Waals surface area contributed by atoms with E-state index in [1.54, 1.807) is 0 Å². The van der Waals surface area contributed by atoms with E-state index in [4.69, 9.17) is 5.11 Å². The molecule has 0 spiro atoms. The third kappa shape index (κ3) is 7.12. The second-order valence-corrected chi connectivity index (χ2v) is 6.25. The van der Waals surface area contributed by atoms with E-state index in [1.807, 2.05) is 0 Å². The minimum Gasteiger partial charge on any atom is -0.450 e. The molecular formula is C16H23IO3. The molecule has 1 unspecified atom stereocenters. The summed E-state index contributed by atoms with van der Waals surface area (Å²) in [6.07, 6.45) is 5.62. The fourth-order valence-electron chi connectivity index (χ4n) is 2.32. The summed E-state index contributed by atoms with van der Waals surface area (Å²) < 4.78 is 5.88. The standard InChI is InChI=1S/C16H23IO3/c1-2-3-4-5-6-13(11-12-20-16(18)19)14-7-9-15(17)10-8-14/h7-10,13H,2-6,11-12H2,1H3,(H,18,19). The highest BCUT2D eigenvalue weighted by molar-refractivity contribution is 14.1. The Morgan fingerprint density at radius 3 is 2.50 bits per heavy atom. The Kier molecular flexibility index (Phi) is 8.65. The third-order valence-corrected chi connectivity index (χ3v) is 4.16. The van der Waals surface area contributed by atoms with Gasteiger partial charge >= 0.3 is 6.16 Å². The van der Waals surface area contributed by atoms with Gasteiger partial charge in [0.05, 0.1) is 6.61 Å². The van der Waals surface area contributed by atoms with Crippen LogP contribution in [0.4, 0.5) is 4.79 Å². The van der Waals surface area contributed by atoms with Crippen LogP contribution in [0.25, 0.3) is 0 Å². The minimum atomic E-state index is -1.18. The Labute approximate surface area is 134 Å². The van der Waals surface area contributed by atoms with Crippen LogP contribution in [-0.2, 0) is 4.74 Å². The fraction of sp³-hybridized carbons (Fsp3) is 0.562. The molecule has 1 N–H and O–H groups in total. The van der Waals surface area contributed by atoms with Crippen LogP contribution in [0.5, 0.6) is 0 Å². The van der Waals surface area contributed by atoms with E-state index < -0.39 is 6.16 Å². The van der Waals surface area contributed by atoms with Crippen molar-refractivity contribution in [2.75, 3.05) is 6.61 Å². The normalized spacial score (nSPS) is 12.1. The van der Waals surface area contributed by atoms with Gasteiger partial charge in [0.25, 0.3) is 0 Å². The van der Waals surface area contributed by atoms with Gasteiger partial charge in [-0.3, -0.25) is 0 Å². The van der Waals surface area contributed by atoms with Crippen molar-refractivity contribution in [3.63, 3.8) is 0 Å². The van der Waals surface area contributed by atoms with E-state index in [9.17, 15) is 4.79 Å². The minimum absolute atomic E-state index is 0.278. The Morgan fingerprint density at radius 2 is 1.90 bits per heavy atom. The molecule has 1 aromatic carbocycles. The molecule has 4 heteroatoms. The van der Waals surface area contributed by atoms with E-state index in [2.05, 4.69) is 58.5 Å². The Balaban J connectivity index is 2.53. The first-order valence-electron chi connectivity index (χ1n) is 7.24. The fourth-order valence-corrected chi connectivity index (χ4v) is 2.68. The number of unbranched alkanes of at least 4 members (excludes halogenated alkanes) is 3. The summed E-state index contributed by atoms with van der Waals surface area (Å²) in [5.74, 6) is 0.392. The first-order valence-corrected chi connectivity index (χ1v) is 8.32. The van der Waals surface area contributed by atoms with Gasteiger partial charge in [-0.25, -0.2) is 4.79 Å². The summed E-state index contributed by atoms with van der Waals surface area (Å²) in [6, 6.07) is 8.50. The number of benzene rings is 1. The third-order valence-electron chi connectivity index (χ3n) is 3.44. The van der Waals surface area contributed by atoms with Gasteiger partial charge in [-0.2, -0.15) is 0 Å². The molecule has 1 rings (SSSR count). The predicted molar refractivity (Wildman–Crippen MR) is 89.3 cm³/mol. The second-order valence-electron chi connectivity index (χ2n) is 5.00. The van der Waals surface area contributed by atoms with Crippen LogP contribution >= 0.6 is 22.6 Å². The van der Waals surface area contributed by atoms with Crippen LogP contribution in [0, 0.1) is 3.57 Å². The number of carboxylic acid groups (broad SMARTS) is 1. The van der Waals surface area contributed by atoms with Gasteiger partial charge in [0.1, 0.15) is 0 Å². The zero-order valence-electron chi connectivity index (χ0n) is 12.0. The molecule has 0 aliphatic rings. The zero-order valence-corrected chi connectivity index (χ0v) is 14.1. The molecule has 0 saturated carbocycles. The molecule has 1 aromatic rings. The number of halogens is 1. The molecule has 0 aliphatic carbocycles. The van der Waals surface area contributed by atoms with Gasteiger partial charge in [-0.1, -0.05) is 44.7 Å². The summed E-state index contributed by atoms with van der Waals surface area (Å²) in [6.45, 7) is 2.48. The number of rotatable bonds is 9. The highest BCUT2D eigenvalue weighted by atomic mass is 127.